The van der Waals surface area contributed by atoms with E-state index in [-0.39, 0.29) is 0 Å². The number of benzene rings is 1. The Hall–Kier alpha value is -1.71. The molecule has 22 heavy (non-hydrogen) atoms. The van der Waals surface area contributed by atoms with Gasteiger partial charge in [0.25, 0.3) is 0 Å². The van der Waals surface area contributed by atoms with Crippen molar-refractivity contribution in [3.8, 4) is 0 Å². The number of aliphatic hydroxyl groups excluding tert-OH is 1. The van der Waals surface area contributed by atoms with Crippen LogP contribution in [0.15, 0.2) is 49.2 Å². The molecule has 0 spiro atoms. The van der Waals surface area contributed by atoms with E-state index in [0.29, 0.717) is 17.9 Å². The van der Waals surface area contributed by atoms with Gasteiger partial charge in [-0.25, -0.2) is 0 Å². The van der Waals surface area contributed by atoms with Crippen LogP contribution in [-0.4, -0.2) is 29.2 Å². The average molecular weight is 295 g/mol. The molecule has 2 bridgehead atoms. The van der Waals surface area contributed by atoms with Crippen molar-refractivity contribution in [2.45, 2.75) is 25.0 Å². The van der Waals surface area contributed by atoms with Gasteiger partial charge in [0.2, 0.25) is 0 Å². The van der Waals surface area contributed by atoms with Gasteiger partial charge in [-0.3, -0.25) is 4.98 Å². The zero-order valence-corrected chi connectivity index (χ0v) is 12.8. The highest BCUT2D eigenvalue weighted by Gasteiger charge is 2.45. The Bertz CT molecular complexity index is 693. The molecule has 0 aliphatic carbocycles. The first-order valence-corrected chi connectivity index (χ1v) is 8.27. The maximum Gasteiger partial charge on any atom is 0.131 e. The van der Waals surface area contributed by atoms with E-state index in [0.717, 1.165) is 29.4 Å². The van der Waals surface area contributed by atoms with Crippen LogP contribution in [0.25, 0.3) is 10.9 Å². The molecule has 114 valence electrons. The molecule has 5 atom stereocenters. The van der Waals surface area contributed by atoms with Crippen molar-refractivity contribution in [1.29, 1.82) is 0 Å². The summed E-state index contributed by atoms with van der Waals surface area (Å²) >= 11 is 0. The predicted molar refractivity (Wildman–Crippen MR) is 87.6 cm³/mol. The van der Waals surface area contributed by atoms with Crippen molar-refractivity contribution < 1.29 is 10.0 Å². The van der Waals surface area contributed by atoms with Crippen LogP contribution < -0.4 is 4.90 Å². The first-order chi connectivity index (χ1) is 10.8. The van der Waals surface area contributed by atoms with Crippen LogP contribution in [0.4, 0.5) is 0 Å². The van der Waals surface area contributed by atoms with Gasteiger partial charge in [0.15, 0.2) is 0 Å². The maximum absolute atomic E-state index is 11.0. The Labute approximate surface area is 131 Å². The molecular weight excluding hydrogens is 272 g/mol. The fourth-order valence-corrected chi connectivity index (χ4v) is 4.50. The highest BCUT2D eigenvalue weighted by Crippen LogP contribution is 2.33. The molecule has 3 fully saturated rings. The number of nitrogens with one attached hydrogen (secondary N) is 1. The zero-order valence-electron chi connectivity index (χ0n) is 12.8. The lowest BCUT2D eigenvalue weighted by Crippen LogP contribution is -3.20. The standard InChI is InChI=1S/C19H22N2O/c1-2-13-12-21-10-8-14(13)11-18(21)19(22)16-7-9-20-17-6-4-3-5-15(16)17/h2-7,9,13-14,18-19,22H,1,8,10-12H2/p+1/t13-,14+,18+,19+/m1/s1. The van der Waals surface area contributed by atoms with Gasteiger partial charge in [0, 0.05) is 30.3 Å². The topological polar surface area (TPSA) is 37.6 Å². The second-order valence-corrected chi connectivity index (χ2v) is 6.77. The number of piperidine rings is 3. The number of nitrogens with zero attached hydrogens (tertiary/aromatic N) is 1. The summed E-state index contributed by atoms with van der Waals surface area (Å²) in [6.07, 6.45) is 5.90. The average Bonchev–Trinajstić information content (AvgIpc) is 2.60. The van der Waals surface area contributed by atoms with Gasteiger partial charge in [-0.15, -0.1) is 6.58 Å². The zero-order chi connectivity index (χ0) is 15.1. The van der Waals surface area contributed by atoms with Gasteiger partial charge in [0.05, 0.1) is 18.6 Å². The summed E-state index contributed by atoms with van der Waals surface area (Å²) in [6.45, 7) is 6.29. The summed E-state index contributed by atoms with van der Waals surface area (Å²) in [5.41, 5.74) is 2.00. The summed E-state index contributed by atoms with van der Waals surface area (Å²) in [7, 11) is 0. The molecule has 3 aliphatic rings. The highest BCUT2D eigenvalue weighted by atomic mass is 16.3. The minimum Gasteiger partial charge on any atom is -0.382 e. The minimum absolute atomic E-state index is 0.306. The van der Waals surface area contributed by atoms with Gasteiger partial charge >= 0.3 is 0 Å². The van der Waals surface area contributed by atoms with Crippen LogP contribution in [0.2, 0.25) is 0 Å². The predicted octanol–water partition coefficient (Wildman–Crippen LogP) is 1.75. The molecule has 3 saturated heterocycles. The lowest BCUT2D eigenvalue weighted by Gasteiger charge is -2.47. The molecule has 0 amide bonds. The van der Waals surface area contributed by atoms with Crippen molar-refractivity contribution in [1.82, 2.24) is 4.98 Å². The third kappa shape index (κ3) is 2.16. The van der Waals surface area contributed by atoms with Crippen molar-refractivity contribution in [2.24, 2.45) is 11.8 Å². The van der Waals surface area contributed by atoms with Crippen molar-refractivity contribution >= 4 is 10.9 Å². The smallest absolute Gasteiger partial charge is 0.131 e. The third-order valence-corrected chi connectivity index (χ3v) is 5.71. The SMILES string of the molecule is C=C[C@@H]1C[NH+]2CC[C@H]1C[C@H]2[C@@H](O)c1ccnc2ccccc12. The molecule has 2 aromatic rings. The Kier molecular flexibility index (Phi) is 3.47. The van der Waals surface area contributed by atoms with Crippen LogP contribution >= 0.6 is 0 Å². The molecule has 2 N–H and O–H groups in total. The van der Waals surface area contributed by atoms with Gasteiger partial charge in [0.1, 0.15) is 12.1 Å². The Morgan fingerprint density at radius 3 is 2.95 bits per heavy atom. The second kappa shape index (κ2) is 5.49. The van der Waals surface area contributed by atoms with E-state index in [1.54, 1.807) is 4.90 Å². The fourth-order valence-electron chi connectivity index (χ4n) is 4.50. The molecule has 0 saturated carbocycles. The van der Waals surface area contributed by atoms with Crippen LogP contribution in [-0.2, 0) is 0 Å². The highest BCUT2D eigenvalue weighted by molar-refractivity contribution is 5.82. The van der Waals surface area contributed by atoms with Crippen LogP contribution in [0.3, 0.4) is 0 Å². The molecule has 3 heteroatoms. The quantitative estimate of drug-likeness (QED) is 0.847. The third-order valence-electron chi connectivity index (χ3n) is 5.71. The van der Waals surface area contributed by atoms with Gasteiger partial charge in [-0.2, -0.15) is 0 Å². The number of fused-ring (bicyclic) bond motifs is 4. The number of hydrogen-bond acceptors (Lipinski definition) is 2. The van der Waals surface area contributed by atoms with Gasteiger partial charge < -0.3 is 10.0 Å². The van der Waals surface area contributed by atoms with E-state index in [1.807, 2.05) is 30.5 Å². The molecule has 3 aliphatic heterocycles. The van der Waals surface area contributed by atoms with Crippen molar-refractivity contribution in [2.75, 3.05) is 13.1 Å². The van der Waals surface area contributed by atoms with E-state index >= 15 is 0 Å². The number of pyridine rings is 1. The number of rotatable bonds is 3. The van der Waals surface area contributed by atoms with E-state index in [4.69, 9.17) is 0 Å². The normalized spacial score (nSPS) is 32.0. The van der Waals surface area contributed by atoms with Crippen molar-refractivity contribution in [3.63, 3.8) is 0 Å². The lowest BCUT2D eigenvalue weighted by molar-refractivity contribution is -0.949. The molecule has 1 aromatic carbocycles. The number of para-hydroxylation sites is 1. The number of aromatic nitrogens is 1. The van der Waals surface area contributed by atoms with Gasteiger partial charge in [-0.05, 0) is 23.6 Å². The first kappa shape index (κ1) is 13.9. The molecular formula is C19H23N2O+. The molecule has 3 nitrogen and oxygen atoms in total. The summed E-state index contributed by atoms with van der Waals surface area (Å²) in [4.78, 5) is 5.95. The number of quaternary nitrogens is 1. The van der Waals surface area contributed by atoms with E-state index < -0.39 is 6.10 Å². The second-order valence-electron chi connectivity index (χ2n) is 6.77. The van der Waals surface area contributed by atoms with Crippen LogP contribution in [0.1, 0.15) is 24.5 Å². The minimum atomic E-state index is -0.406. The number of hydrogen-bond donors (Lipinski definition) is 2. The van der Waals surface area contributed by atoms with Gasteiger partial charge in [-0.1, -0.05) is 24.3 Å². The van der Waals surface area contributed by atoms with Crippen LogP contribution in [0.5, 0.6) is 0 Å². The maximum atomic E-state index is 11.0. The Morgan fingerprint density at radius 2 is 2.18 bits per heavy atom. The molecule has 0 radical (unpaired) electrons. The molecule has 4 heterocycles. The lowest BCUT2D eigenvalue weighted by atomic mass is 9.73. The summed E-state index contributed by atoms with van der Waals surface area (Å²) in [6, 6.07) is 10.4. The molecule has 1 unspecified atom stereocenters. The van der Waals surface area contributed by atoms with E-state index in [2.05, 4.69) is 23.7 Å². The van der Waals surface area contributed by atoms with Crippen LogP contribution in [0, 0.1) is 11.8 Å². The number of aliphatic hydroxyl groups is 1. The molecule has 5 rings (SSSR count). The summed E-state index contributed by atoms with van der Waals surface area (Å²) in [5, 5.41) is 12.1. The van der Waals surface area contributed by atoms with Crippen molar-refractivity contribution in [3.05, 3.63) is 54.7 Å². The Balaban J connectivity index is 1.67. The fraction of sp³-hybridized carbons (Fsp3) is 0.421. The van der Waals surface area contributed by atoms with E-state index in [9.17, 15) is 5.11 Å². The first-order valence-electron chi connectivity index (χ1n) is 8.27. The molecule has 1 aromatic heterocycles. The monoisotopic (exact) mass is 295 g/mol. The summed E-state index contributed by atoms with van der Waals surface area (Å²) < 4.78 is 0. The van der Waals surface area contributed by atoms with E-state index in [1.165, 1.54) is 13.0 Å². The summed E-state index contributed by atoms with van der Waals surface area (Å²) in [5.74, 6) is 1.32. The Morgan fingerprint density at radius 1 is 1.32 bits per heavy atom. The largest absolute Gasteiger partial charge is 0.382 e.